The molecule has 36 heavy (non-hydrogen) atoms. The third kappa shape index (κ3) is 4.83. The molecular formula is C26H16Cl5FN2O2. The highest BCUT2D eigenvalue weighted by Crippen LogP contribution is 2.65. The maximum absolute atomic E-state index is 14.3. The van der Waals surface area contributed by atoms with Crippen LogP contribution in [-0.2, 0) is 11.2 Å². The summed E-state index contributed by atoms with van der Waals surface area (Å²) in [5, 5.41) is 4.22. The minimum absolute atomic E-state index is 0.0737. The number of carbonyl (C=O) groups excluding carboxylic acids is 2. The van der Waals surface area contributed by atoms with Crippen molar-refractivity contribution in [2.45, 2.75) is 16.7 Å². The van der Waals surface area contributed by atoms with E-state index in [4.69, 9.17) is 58.0 Å². The number of benzene rings is 3. The molecule has 1 amide bonds. The fourth-order valence-corrected chi connectivity index (χ4v) is 6.01. The van der Waals surface area contributed by atoms with E-state index < -0.39 is 27.9 Å². The van der Waals surface area contributed by atoms with Gasteiger partial charge < -0.3 is 10.3 Å². The number of amides is 1. The highest BCUT2D eigenvalue weighted by atomic mass is 35.5. The Hall–Kier alpha value is -2.28. The summed E-state index contributed by atoms with van der Waals surface area (Å²) in [6.45, 7) is 0. The van der Waals surface area contributed by atoms with E-state index in [-0.39, 0.29) is 22.8 Å². The number of hydrogen-bond donors (Lipinski definition) is 2. The van der Waals surface area contributed by atoms with Crippen molar-refractivity contribution in [1.29, 1.82) is 0 Å². The number of Topliss-reactive ketones (excluding diaryl/α,β-unsaturated/α-hetero) is 1. The Morgan fingerprint density at radius 2 is 1.69 bits per heavy atom. The number of rotatable bonds is 6. The van der Waals surface area contributed by atoms with Crippen molar-refractivity contribution >= 4 is 86.3 Å². The predicted molar refractivity (Wildman–Crippen MR) is 144 cm³/mol. The van der Waals surface area contributed by atoms with Crippen LogP contribution in [0.2, 0.25) is 15.1 Å². The van der Waals surface area contributed by atoms with Gasteiger partial charge in [0.25, 0.3) is 0 Å². The van der Waals surface area contributed by atoms with Crippen molar-refractivity contribution in [3.05, 3.63) is 98.4 Å². The lowest BCUT2D eigenvalue weighted by Gasteiger charge is -2.10. The third-order valence-electron chi connectivity index (χ3n) is 6.16. The SMILES string of the molecule is O=C(Cc1cc(F)c2cc[nH]c2c1)c1cc(NC(=O)C2C(c3cc(Cl)cc(Cl)c3)C2(Cl)Cl)ccc1Cl. The van der Waals surface area contributed by atoms with Crippen LogP contribution in [0.25, 0.3) is 10.9 Å². The van der Waals surface area contributed by atoms with E-state index in [1.54, 1.807) is 42.6 Å². The van der Waals surface area contributed by atoms with E-state index >= 15 is 0 Å². The number of alkyl halides is 2. The van der Waals surface area contributed by atoms with Gasteiger partial charge in [-0.2, -0.15) is 0 Å². The number of anilines is 1. The third-order valence-corrected chi connectivity index (χ3v) is 7.86. The minimum atomic E-state index is -1.34. The molecule has 4 nitrogen and oxygen atoms in total. The lowest BCUT2D eigenvalue weighted by atomic mass is 10.0. The van der Waals surface area contributed by atoms with Crippen molar-refractivity contribution in [2.75, 3.05) is 5.32 Å². The molecule has 3 aromatic carbocycles. The van der Waals surface area contributed by atoms with E-state index in [1.165, 1.54) is 18.2 Å². The first kappa shape index (κ1) is 25.4. The van der Waals surface area contributed by atoms with Crippen molar-refractivity contribution in [3.8, 4) is 0 Å². The van der Waals surface area contributed by atoms with Crippen LogP contribution < -0.4 is 5.32 Å². The van der Waals surface area contributed by atoms with Gasteiger partial charge in [0.05, 0.1) is 10.9 Å². The Kier molecular flexibility index (Phi) is 6.73. The number of aromatic nitrogens is 1. The van der Waals surface area contributed by atoms with Crippen molar-refractivity contribution in [3.63, 3.8) is 0 Å². The van der Waals surface area contributed by atoms with Gasteiger partial charge in [-0.3, -0.25) is 9.59 Å². The molecule has 1 aliphatic rings. The largest absolute Gasteiger partial charge is 0.361 e. The van der Waals surface area contributed by atoms with Gasteiger partial charge in [-0.25, -0.2) is 4.39 Å². The van der Waals surface area contributed by atoms with Crippen LogP contribution in [0.5, 0.6) is 0 Å². The van der Waals surface area contributed by atoms with Crippen LogP contribution in [0.4, 0.5) is 10.1 Å². The summed E-state index contributed by atoms with van der Waals surface area (Å²) in [4.78, 5) is 29.0. The minimum Gasteiger partial charge on any atom is -0.361 e. The van der Waals surface area contributed by atoms with Gasteiger partial charge in [-0.05, 0) is 65.7 Å². The summed E-state index contributed by atoms with van der Waals surface area (Å²) in [7, 11) is 0. The van der Waals surface area contributed by atoms with E-state index in [9.17, 15) is 14.0 Å². The van der Waals surface area contributed by atoms with Crippen LogP contribution >= 0.6 is 58.0 Å². The Labute approximate surface area is 230 Å². The fourth-order valence-electron chi connectivity index (χ4n) is 4.42. The van der Waals surface area contributed by atoms with Crippen LogP contribution in [0.3, 0.4) is 0 Å². The van der Waals surface area contributed by atoms with Gasteiger partial charge in [-0.1, -0.05) is 34.8 Å². The second-order valence-corrected chi connectivity index (χ2v) is 11.4. The van der Waals surface area contributed by atoms with Gasteiger partial charge in [-0.15, -0.1) is 23.2 Å². The quantitative estimate of drug-likeness (QED) is 0.177. The lowest BCUT2D eigenvalue weighted by Crippen LogP contribution is -2.17. The second kappa shape index (κ2) is 9.55. The Balaban J connectivity index is 1.34. The molecule has 0 radical (unpaired) electrons. The first-order valence-corrected chi connectivity index (χ1v) is 12.7. The molecule has 2 atom stereocenters. The first-order valence-electron chi connectivity index (χ1n) is 10.8. The fraction of sp³-hybridized carbons (Fsp3) is 0.154. The first-order chi connectivity index (χ1) is 17.0. The molecule has 0 bridgehead atoms. The number of hydrogen-bond acceptors (Lipinski definition) is 2. The summed E-state index contributed by atoms with van der Waals surface area (Å²) in [6, 6.07) is 14.1. The molecule has 2 N–H and O–H groups in total. The molecule has 184 valence electrons. The highest BCUT2D eigenvalue weighted by Gasteiger charge is 2.67. The molecule has 1 heterocycles. The highest BCUT2D eigenvalue weighted by molar-refractivity contribution is 6.53. The number of aromatic amines is 1. The second-order valence-electron chi connectivity index (χ2n) is 8.63. The number of nitrogens with one attached hydrogen (secondary N) is 2. The molecule has 1 saturated carbocycles. The molecule has 0 aliphatic heterocycles. The standard InChI is InChI=1S/C26H16Cl5FN2O2/c27-14-8-13(9-15(28)10-14)23-24(26(23,30)31)25(36)34-16-1-2-19(29)18(11-16)22(35)7-12-5-20(32)17-3-4-33-21(17)6-12/h1-6,8-11,23-24,33H,7H2,(H,34,36). The Morgan fingerprint density at radius 3 is 2.42 bits per heavy atom. The zero-order valence-electron chi connectivity index (χ0n) is 18.2. The topological polar surface area (TPSA) is 62.0 Å². The number of fused-ring (bicyclic) bond motifs is 1. The van der Waals surface area contributed by atoms with Crippen molar-refractivity contribution in [1.82, 2.24) is 4.98 Å². The van der Waals surface area contributed by atoms with Crippen LogP contribution in [-0.4, -0.2) is 21.0 Å². The molecule has 1 fully saturated rings. The molecular weight excluding hydrogens is 569 g/mol. The summed E-state index contributed by atoms with van der Waals surface area (Å²) in [5.74, 6) is -2.46. The van der Waals surface area contributed by atoms with E-state index in [1.807, 2.05) is 0 Å². The van der Waals surface area contributed by atoms with Gasteiger partial charge in [0, 0.05) is 50.7 Å². The summed E-state index contributed by atoms with van der Waals surface area (Å²) in [5.41, 5.74) is 2.27. The number of carbonyl (C=O) groups is 2. The van der Waals surface area contributed by atoms with Gasteiger partial charge in [0.2, 0.25) is 5.91 Å². The van der Waals surface area contributed by atoms with Crippen LogP contribution in [0.15, 0.2) is 60.8 Å². The van der Waals surface area contributed by atoms with Crippen LogP contribution in [0.1, 0.15) is 27.4 Å². The molecule has 4 aromatic rings. The molecule has 0 saturated heterocycles. The van der Waals surface area contributed by atoms with E-state index in [0.29, 0.717) is 37.8 Å². The van der Waals surface area contributed by atoms with Gasteiger partial charge in [0.1, 0.15) is 10.2 Å². The number of H-pyrrole nitrogens is 1. The van der Waals surface area contributed by atoms with Crippen molar-refractivity contribution in [2.24, 2.45) is 5.92 Å². The number of halogens is 6. The van der Waals surface area contributed by atoms with Gasteiger partial charge >= 0.3 is 0 Å². The average molecular weight is 585 g/mol. The maximum Gasteiger partial charge on any atom is 0.231 e. The molecule has 1 aliphatic carbocycles. The zero-order chi connectivity index (χ0) is 25.8. The molecule has 1 aromatic heterocycles. The summed E-state index contributed by atoms with van der Waals surface area (Å²) in [6.07, 6.45) is 1.56. The smallest absolute Gasteiger partial charge is 0.231 e. The Morgan fingerprint density at radius 1 is 0.972 bits per heavy atom. The number of ketones is 1. The molecule has 10 heteroatoms. The van der Waals surface area contributed by atoms with E-state index in [0.717, 1.165) is 0 Å². The Bertz CT molecular complexity index is 1510. The van der Waals surface area contributed by atoms with Crippen molar-refractivity contribution < 1.29 is 14.0 Å². The molecule has 5 rings (SSSR count). The molecule has 0 spiro atoms. The normalized spacial score (nSPS) is 18.3. The van der Waals surface area contributed by atoms with Crippen LogP contribution in [0, 0.1) is 11.7 Å². The monoisotopic (exact) mass is 582 g/mol. The summed E-state index contributed by atoms with van der Waals surface area (Å²) < 4.78 is 13.0. The summed E-state index contributed by atoms with van der Waals surface area (Å²) >= 11 is 31.3. The van der Waals surface area contributed by atoms with Gasteiger partial charge in [0.15, 0.2) is 5.78 Å². The zero-order valence-corrected chi connectivity index (χ0v) is 22.0. The van der Waals surface area contributed by atoms with E-state index in [2.05, 4.69) is 10.3 Å². The lowest BCUT2D eigenvalue weighted by molar-refractivity contribution is -0.117. The predicted octanol–water partition coefficient (Wildman–Crippen LogP) is 8.22. The molecule has 2 unspecified atom stereocenters. The average Bonchev–Trinajstić information content (AvgIpc) is 3.11. The maximum atomic E-state index is 14.3.